The van der Waals surface area contributed by atoms with Gasteiger partial charge in [0.2, 0.25) is 5.91 Å². The van der Waals surface area contributed by atoms with E-state index in [1.54, 1.807) is 6.07 Å². The van der Waals surface area contributed by atoms with Crippen LogP contribution in [0.15, 0.2) is 91.1 Å². The van der Waals surface area contributed by atoms with Gasteiger partial charge in [-0.05, 0) is 84.9 Å². The van der Waals surface area contributed by atoms with Gasteiger partial charge in [0.1, 0.15) is 11.6 Å². The number of aromatic nitrogens is 2. The van der Waals surface area contributed by atoms with Crippen LogP contribution in [-0.4, -0.2) is 81.3 Å². The third kappa shape index (κ3) is 9.39. The van der Waals surface area contributed by atoms with Gasteiger partial charge in [0, 0.05) is 28.7 Å². The van der Waals surface area contributed by atoms with Gasteiger partial charge in [-0.1, -0.05) is 0 Å². The second-order valence-electron chi connectivity index (χ2n) is 11.9. The van der Waals surface area contributed by atoms with E-state index in [0.717, 1.165) is 13.2 Å². The molecule has 4 aromatic carbocycles. The molecule has 0 aliphatic rings. The number of rotatable bonds is 14. The fourth-order valence-corrected chi connectivity index (χ4v) is 5.29. The van der Waals surface area contributed by atoms with Gasteiger partial charge in [-0.3, -0.25) is 24.0 Å². The van der Waals surface area contributed by atoms with Crippen molar-refractivity contribution >= 4 is 58.3 Å². The number of nitrogens with one attached hydrogen (secondary N) is 5. The molecule has 0 saturated heterocycles. The third-order valence-corrected chi connectivity index (χ3v) is 8.18. The number of carboxylic acids is 1. The van der Waals surface area contributed by atoms with Crippen LogP contribution in [0.25, 0.3) is 0 Å². The van der Waals surface area contributed by atoms with Crippen molar-refractivity contribution in [3.05, 3.63) is 119 Å². The lowest BCUT2D eigenvalue weighted by Crippen LogP contribution is -2.43. The summed E-state index contributed by atoms with van der Waals surface area (Å²) in [7, 11) is 2.35. The maximum absolute atomic E-state index is 13.1. The van der Waals surface area contributed by atoms with Crippen LogP contribution < -0.4 is 36.1 Å². The lowest BCUT2D eigenvalue weighted by Gasteiger charge is -2.17. The molecule has 1 heterocycles. The Balaban J connectivity index is 1.20. The number of phenols is 2. The van der Waals surface area contributed by atoms with Gasteiger partial charge in [-0.2, -0.15) is 10.4 Å². The highest BCUT2D eigenvalue weighted by atomic mass is 16.5. The summed E-state index contributed by atoms with van der Waals surface area (Å²) in [6.07, 6.45) is 1.06. The summed E-state index contributed by atoms with van der Waals surface area (Å²) >= 11 is 0. The van der Waals surface area contributed by atoms with Crippen molar-refractivity contribution in [2.45, 2.75) is 12.5 Å². The van der Waals surface area contributed by atoms with Crippen LogP contribution in [0.3, 0.4) is 0 Å². The van der Waals surface area contributed by atoms with E-state index in [4.69, 9.17) is 9.47 Å². The van der Waals surface area contributed by atoms with Crippen LogP contribution in [0.2, 0.25) is 0 Å². The first kappa shape index (κ1) is 40.7. The molecule has 0 saturated carbocycles. The van der Waals surface area contributed by atoms with E-state index in [2.05, 4.69) is 36.8 Å². The zero-order valence-electron chi connectivity index (χ0n) is 30.4. The molecule has 294 valence electrons. The SMILES string of the molecule is COc1c(NC(=O)c2ccc(NC(=O)c3ccc(NC(=O)C(CC#N)NC(=O)c4ccc(NC(=O)c5cccnn5)cc4)cc3)c(OC)c2O)ccc(C(=O)O)c1O. The normalized spacial score (nSPS) is 10.8. The van der Waals surface area contributed by atoms with Crippen LogP contribution in [-0.2, 0) is 4.79 Å². The third-order valence-electron chi connectivity index (χ3n) is 8.18. The molecule has 5 rings (SSSR count). The number of phenolic OH excluding ortho intramolecular Hbond substituents is 1. The minimum atomic E-state index is -1.42. The van der Waals surface area contributed by atoms with Crippen LogP contribution in [0.5, 0.6) is 23.0 Å². The van der Waals surface area contributed by atoms with Gasteiger partial charge >= 0.3 is 5.97 Å². The van der Waals surface area contributed by atoms with Crippen molar-refractivity contribution in [3.63, 3.8) is 0 Å². The van der Waals surface area contributed by atoms with E-state index in [1.807, 2.05) is 6.07 Å². The number of carbonyl (C=O) groups excluding carboxylic acids is 5. The Labute approximate surface area is 328 Å². The molecule has 5 aromatic rings. The number of hydrogen-bond acceptors (Lipinski definition) is 13. The van der Waals surface area contributed by atoms with Gasteiger partial charge in [-0.15, -0.1) is 5.10 Å². The smallest absolute Gasteiger partial charge is 0.339 e. The fraction of sp³-hybridized carbons (Fsp3) is 0.103. The molecular formula is C39H32N8O11. The first-order valence-corrected chi connectivity index (χ1v) is 16.8. The molecule has 0 bridgehead atoms. The second-order valence-corrected chi connectivity index (χ2v) is 11.9. The number of ether oxygens (including phenoxy) is 2. The Kier molecular flexibility index (Phi) is 12.8. The first-order chi connectivity index (χ1) is 27.8. The number of amides is 5. The topological polar surface area (TPSA) is 291 Å². The van der Waals surface area contributed by atoms with E-state index in [-0.39, 0.29) is 57.4 Å². The average Bonchev–Trinajstić information content (AvgIpc) is 3.21. The molecule has 19 heteroatoms. The average molecular weight is 789 g/mol. The number of anilines is 4. The number of aromatic hydroxyl groups is 2. The maximum Gasteiger partial charge on any atom is 0.339 e. The minimum Gasteiger partial charge on any atom is -0.504 e. The summed E-state index contributed by atoms with van der Waals surface area (Å²) < 4.78 is 10.3. The van der Waals surface area contributed by atoms with E-state index in [9.17, 15) is 49.3 Å². The standard InChI is InChI=1S/C39H32N8O11/c1-57-32-26(15-13-24(30(32)48)36(52)45-27-16-14-25(39(55)56)31(49)33(27)58-2)44-34(50)20-5-9-22(10-6-20)42-37(53)28(17-18-40)46-35(51)21-7-11-23(12-8-21)43-38(54)29-4-3-19-41-47-29/h3-16,19,28,48-49H,17H2,1-2H3,(H,42,53)(H,43,54)(H,44,50)(H,45,52)(H,46,51)(H,55,56). The summed E-state index contributed by atoms with van der Waals surface area (Å²) in [4.78, 5) is 75.9. The van der Waals surface area contributed by atoms with Gasteiger partial charge in [-0.25, -0.2) is 4.79 Å². The number of benzene rings is 4. The van der Waals surface area contributed by atoms with Crippen molar-refractivity contribution in [3.8, 4) is 29.1 Å². The molecule has 0 aliphatic heterocycles. The Morgan fingerprint density at radius 2 is 1.21 bits per heavy atom. The molecule has 19 nitrogen and oxygen atoms in total. The molecule has 0 aliphatic carbocycles. The molecular weight excluding hydrogens is 756 g/mol. The summed E-state index contributed by atoms with van der Waals surface area (Å²) in [6.45, 7) is 0. The van der Waals surface area contributed by atoms with Gasteiger partial charge in [0.05, 0.1) is 43.6 Å². The Hall–Kier alpha value is -8.53. The number of nitriles is 1. The number of hydrogen-bond donors (Lipinski definition) is 8. The minimum absolute atomic E-state index is 0.0171. The molecule has 1 aromatic heterocycles. The van der Waals surface area contributed by atoms with Gasteiger partial charge < -0.3 is 51.4 Å². The van der Waals surface area contributed by atoms with E-state index < -0.39 is 58.6 Å². The molecule has 8 N–H and O–H groups in total. The molecule has 1 atom stereocenters. The molecule has 0 radical (unpaired) electrons. The first-order valence-electron chi connectivity index (χ1n) is 16.8. The quantitative estimate of drug-likeness (QED) is 0.0789. The van der Waals surface area contributed by atoms with Gasteiger partial charge in [0.15, 0.2) is 28.7 Å². The van der Waals surface area contributed by atoms with E-state index in [1.165, 1.54) is 86.1 Å². The maximum atomic E-state index is 13.1. The van der Waals surface area contributed by atoms with Crippen LogP contribution in [0, 0.1) is 11.3 Å². The molecule has 5 amide bonds. The second kappa shape index (κ2) is 18.2. The van der Waals surface area contributed by atoms with Crippen molar-refractivity contribution in [2.75, 3.05) is 35.5 Å². The zero-order valence-corrected chi connectivity index (χ0v) is 30.4. The van der Waals surface area contributed by atoms with Crippen LogP contribution in [0.4, 0.5) is 22.7 Å². The Bertz CT molecular complexity index is 2440. The van der Waals surface area contributed by atoms with Crippen molar-refractivity contribution in [1.82, 2.24) is 15.5 Å². The molecule has 0 spiro atoms. The predicted octanol–water partition coefficient (Wildman–Crippen LogP) is 4.01. The summed E-state index contributed by atoms with van der Waals surface area (Å²) in [5, 5.41) is 59.8. The fourth-order valence-electron chi connectivity index (χ4n) is 5.29. The molecule has 0 fully saturated rings. The predicted molar refractivity (Wildman–Crippen MR) is 205 cm³/mol. The number of methoxy groups -OCH3 is 2. The lowest BCUT2D eigenvalue weighted by atomic mass is 10.1. The molecule has 1 unspecified atom stereocenters. The van der Waals surface area contributed by atoms with E-state index in [0.29, 0.717) is 5.69 Å². The highest BCUT2D eigenvalue weighted by Gasteiger charge is 2.25. The number of carbonyl (C=O) groups is 6. The highest BCUT2D eigenvalue weighted by Crippen LogP contribution is 2.40. The van der Waals surface area contributed by atoms with Crippen molar-refractivity contribution < 1.29 is 53.6 Å². The summed E-state index contributed by atoms with van der Waals surface area (Å²) in [6, 6.07) is 19.7. The van der Waals surface area contributed by atoms with Crippen LogP contribution in [0.1, 0.15) is 58.3 Å². The van der Waals surface area contributed by atoms with Crippen molar-refractivity contribution in [2.24, 2.45) is 0 Å². The van der Waals surface area contributed by atoms with Crippen molar-refractivity contribution in [1.29, 1.82) is 5.26 Å². The largest absolute Gasteiger partial charge is 0.504 e. The van der Waals surface area contributed by atoms with E-state index >= 15 is 0 Å². The summed E-state index contributed by atoms with van der Waals surface area (Å²) in [5.74, 6) is -6.82. The Morgan fingerprint density at radius 3 is 1.74 bits per heavy atom. The Morgan fingerprint density at radius 1 is 0.672 bits per heavy atom. The van der Waals surface area contributed by atoms with Crippen LogP contribution >= 0.6 is 0 Å². The summed E-state index contributed by atoms with van der Waals surface area (Å²) in [5.41, 5.74) is 0.0840. The monoisotopic (exact) mass is 788 g/mol. The lowest BCUT2D eigenvalue weighted by molar-refractivity contribution is -0.117. The number of nitrogens with zero attached hydrogens (tertiary/aromatic N) is 3. The number of aromatic carboxylic acids is 1. The zero-order chi connectivity index (χ0) is 41.9. The van der Waals surface area contributed by atoms with Gasteiger partial charge in [0.25, 0.3) is 23.6 Å². The highest BCUT2D eigenvalue weighted by molar-refractivity contribution is 6.10. The number of carboxylic acid groups (broad SMARTS) is 1. The molecule has 58 heavy (non-hydrogen) atoms.